The van der Waals surface area contributed by atoms with Crippen molar-refractivity contribution in [3.05, 3.63) is 18.3 Å². The number of fused-ring (bicyclic) bond motifs is 1. The molecule has 10 nitrogen and oxygen atoms in total. The van der Waals surface area contributed by atoms with E-state index in [2.05, 4.69) is 19.8 Å². The van der Waals surface area contributed by atoms with Crippen molar-refractivity contribution >= 4 is 41.0 Å². The molecule has 2 aromatic rings. The Morgan fingerprint density at radius 3 is 2.65 bits per heavy atom. The average Bonchev–Trinajstić information content (AvgIpc) is 3.57. The summed E-state index contributed by atoms with van der Waals surface area (Å²) in [6, 6.07) is 3.94. The number of carbonyl (C=O) groups excluding carboxylic acids is 2. The van der Waals surface area contributed by atoms with E-state index in [1.807, 2.05) is 37.8 Å². The third-order valence-corrected chi connectivity index (χ3v) is 7.48. The van der Waals surface area contributed by atoms with Crippen molar-refractivity contribution in [2.75, 3.05) is 55.8 Å². The van der Waals surface area contributed by atoms with Gasteiger partial charge in [-0.1, -0.05) is 0 Å². The second kappa shape index (κ2) is 9.26. The summed E-state index contributed by atoms with van der Waals surface area (Å²) in [5.41, 5.74) is 0.696. The summed E-state index contributed by atoms with van der Waals surface area (Å²) in [6.45, 7) is 9.94. The van der Waals surface area contributed by atoms with Gasteiger partial charge in [0.15, 0.2) is 5.58 Å². The molecule has 0 N–H and O–H groups in total. The molecule has 2 amide bonds. The highest BCUT2D eigenvalue weighted by Crippen LogP contribution is 2.29. The van der Waals surface area contributed by atoms with Gasteiger partial charge in [-0.25, -0.2) is 9.78 Å². The number of amides is 2. The summed E-state index contributed by atoms with van der Waals surface area (Å²) >= 11 is 1.75. The molecule has 0 unspecified atom stereocenters. The molecule has 0 aromatic carbocycles. The minimum Gasteiger partial charge on any atom is -0.444 e. The lowest BCUT2D eigenvalue weighted by Crippen LogP contribution is -2.51. The van der Waals surface area contributed by atoms with E-state index in [0.29, 0.717) is 36.1 Å². The lowest BCUT2D eigenvalue weighted by molar-refractivity contribution is -0.134. The number of piperazine rings is 1. The molecule has 2 aromatic heterocycles. The molecule has 5 heterocycles. The van der Waals surface area contributed by atoms with Crippen LogP contribution in [0.5, 0.6) is 0 Å². The molecule has 0 bridgehead atoms. The van der Waals surface area contributed by atoms with Gasteiger partial charge in [-0.2, -0.15) is 4.98 Å². The van der Waals surface area contributed by atoms with Crippen molar-refractivity contribution in [1.82, 2.24) is 24.7 Å². The molecule has 11 heteroatoms. The smallest absolute Gasteiger partial charge is 0.411 e. The molecule has 184 valence electrons. The van der Waals surface area contributed by atoms with Gasteiger partial charge in [0.2, 0.25) is 11.6 Å². The van der Waals surface area contributed by atoms with Gasteiger partial charge in [0.05, 0.1) is 5.88 Å². The van der Waals surface area contributed by atoms with Crippen LogP contribution >= 0.6 is 11.8 Å². The van der Waals surface area contributed by atoms with Gasteiger partial charge in [-0.15, -0.1) is 11.8 Å². The third-order valence-electron chi connectivity index (χ3n) is 6.51. The second-order valence-electron chi connectivity index (χ2n) is 10.0. The fourth-order valence-electron chi connectivity index (χ4n) is 4.80. The zero-order valence-corrected chi connectivity index (χ0v) is 20.8. The number of oxazole rings is 1. The van der Waals surface area contributed by atoms with Crippen molar-refractivity contribution in [2.45, 2.75) is 44.9 Å². The maximum absolute atomic E-state index is 13.3. The first kappa shape index (κ1) is 23.2. The Morgan fingerprint density at radius 2 is 1.97 bits per heavy atom. The first-order chi connectivity index (χ1) is 16.3. The molecule has 3 fully saturated rings. The van der Waals surface area contributed by atoms with Crippen LogP contribution < -0.4 is 4.90 Å². The Kier molecular flexibility index (Phi) is 6.32. The second-order valence-corrected chi connectivity index (χ2v) is 11.1. The molecule has 3 aliphatic rings. The highest BCUT2D eigenvalue weighted by molar-refractivity contribution is 7.99. The number of nitrogens with zero attached hydrogens (tertiary/aromatic N) is 6. The Balaban J connectivity index is 1.26. The Labute approximate surface area is 203 Å². The SMILES string of the molecule is CC(C)(C)OC(=O)N1C[C@@H](N2CCN(c3nc4ncccc4o3)CC2)C[C@H]1C(=O)N1CCSC1. The van der Waals surface area contributed by atoms with E-state index in [4.69, 9.17) is 9.15 Å². The summed E-state index contributed by atoms with van der Waals surface area (Å²) < 4.78 is 11.5. The summed E-state index contributed by atoms with van der Waals surface area (Å²) in [6.07, 6.45) is 1.94. The number of aromatic nitrogens is 2. The van der Waals surface area contributed by atoms with Crippen LogP contribution in [0, 0.1) is 0 Å². The largest absolute Gasteiger partial charge is 0.444 e. The number of likely N-dealkylation sites (tertiary alicyclic amines) is 1. The number of ether oxygens (including phenoxy) is 1. The topological polar surface area (TPSA) is 95.2 Å². The summed E-state index contributed by atoms with van der Waals surface area (Å²) in [4.78, 5) is 43.1. The molecule has 5 rings (SSSR count). The van der Waals surface area contributed by atoms with Gasteiger partial charge in [0, 0.05) is 57.3 Å². The molecule has 0 spiro atoms. The van der Waals surface area contributed by atoms with Crippen LogP contribution in [0.3, 0.4) is 0 Å². The number of hydrogen-bond acceptors (Lipinski definition) is 9. The lowest BCUT2D eigenvalue weighted by atomic mass is 10.1. The normalized spacial score (nSPS) is 24.3. The van der Waals surface area contributed by atoms with E-state index in [1.54, 1.807) is 22.9 Å². The predicted molar refractivity (Wildman–Crippen MR) is 130 cm³/mol. The van der Waals surface area contributed by atoms with Crippen LogP contribution in [0.4, 0.5) is 10.8 Å². The number of rotatable bonds is 3. The van der Waals surface area contributed by atoms with Crippen molar-refractivity contribution in [2.24, 2.45) is 0 Å². The summed E-state index contributed by atoms with van der Waals surface area (Å²) in [5, 5.41) is 0. The maximum Gasteiger partial charge on any atom is 0.411 e. The lowest BCUT2D eigenvalue weighted by Gasteiger charge is -2.37. The van der Waals surface area contributed by atoms with Gasteiger partial charge in [-0.3, -0.25) is 14.6 Å². The van der Waals surface area contributed by atoms with Crippen LogP contribution in [0.15, 0.2) is 22.7 Å². The molecular weight excluding hydrogens is 456 g/mol. The fourth-order valence-corrected chi connectivity index (χ4v) is 5.76. The number of anilines is 1. The van der Waals surface area contributed by atoms with Crippen molar-refractivity contribution in [1.29, 1.82) is 0 Å². The molecule has 3 saturated heterocycles. The van der Waals surface area contributed by atoms with E-state index in [9.17, 15) is 9.59 Å². The van der Waals surface area contributed by atoms with E-state index < -0.39 is 17.7 Å². The molecule has 0 radical (unpaired) electrons. The average molecular weight is 489 g/mol. The number of pyridine rings is 1. The highest BCUT2D eigenvalue weighted by Gasteiger charge is 2.45. The van der Waals surface area contributed by atoms with Gasteiger partial charge in [0.25, 0.3) is 6.01 Å². The number of thioether (sulfide) groups is 1. The molecule has 34 heavy (non-hydrogen) atoms. The van der Waals surface area contributed by atoms with Crippen LogP contribution in [0.1, 0.15) is 27.2 Å². The van der Waals surface area contributed by atoms with E-state index in [1.165, 1.54) is 0 Å². The molecular formula is C23H32N6O4S. The zero-order valence-electron chi connectivity index (χ0n) is 20.0. The monoisotopic (exact) mass is 488 g/mol. The standard InChI is InChI=1S/C23H32N6O4S/c1-23(2,3)33-22(31)29-14-16(13-17(29)20(30)28-11-12-34-15-28)26-7-9-27(10-8-26)21-25-19-18(32-21)5-4-6-24-19/h4-6,16-17H,7-15H2,1-3H3/t16-,17-/m0/s1. The van der Waals surface area contributed by atoms with Crippen LogP contribution in [-0.4, -0.2) is 105 Å². The summed E-state index contributed by atoms with van der Waals surface area (Å²) in [5.74, 6) is 1.68. The van der Waals surface area contributed by atoms with Crippen LogP contribution in [0.2, 0.25) is 0 Å². The minimum absolute atomic E-state index is 0.0379. The molecule has 0 saturated carbocycles. The van der Waals surface area contributed by atoms with Crippen molar-refractivity contribution in [3.8, 4) is 0 Å². The zero-order chi connectivity index (χ0) is 23.9. The molecule has 2 atom stereocenters. The van der Waals surface area contributed by atoms with Gasteiger partial charge in [0.1, 0.15) is 11.6 Å². The number of hydrogen-bond donors (Lipinski definition) is 0. The number of carbonyl (C=O) groups is 2. The fraction of sp³-hybridized carbons (Fsp3) is 0.652. The van der Waals surface area contributed by atoms with Crippen molar-refractivity contribution < 1.29 is 18.7 Å². The quantitative estimate of drug-likeness (QED) is 0.645. The predicted octanol–water partition coefficient (Wildman–Crippen LogP) is 2.26. The third kappa shape index (κ3) is 4.81. The van der Waals surface area contributed by atoms with Gasteiger partial charge in [-0.05, 0) is 39.3 Å². The van der Waals surface area contributed by atoms with E-state index in [0.717, 1.165) is 38.5 Å². The maximum atomic E-state index is 13.3. The van der Waals surface area contributed by atoms with Crippen LogP contribution in [-0.2, 0) is 9.53 Å². The Hall–Kier alpha value is -2.53. The summed E-state index contributed by atoms with van der Waals surface area (Å²) in [7, 11) is 0. The Bertz CT molecular complexity index is 1010. The molecule has 0 aliphatic carbocycles. The highest BCUT2D eigenvalue weighted by atomic mass is 32.2. The van der Waals surface area contributed by atoms with Crippen LogP contribution in [0.25, 0.3) is 11.2 Å². The van der Waals surface area contributed by atoms with Gasteiger partial charge < -0.3 is 19.0 Å². The van der Waals surface area contributed by atoms with Gasteiger partial charge >= 0.3 is 6.09 Å². The minimum atomic E-state index is -0.605. The van der Waals surface area contributed by atoms with E-state index >= 15 is 0 Å². The molecule has 3 aliphatic heterocycles. The first-order valence-corrected chi connectivity index (χ1v) is 13.0. The Morgan fingerprint density at radius 1 is 1.18 bits per heavy atom. The van der Waals surface area contributed by atoms with E-state index in [-0.39, 0.29) is 11.9 Å². The van der Waals surface area contributed by atoms with Crippen molar-refractivity contribution in [3.63, 3.8) is 0 Å². The first-order valence-electron chi connectivity index (χ1n) is 11.9.